The van der Waals surface area contributed by atoms with Gasteiger partial charge in [-0.3, -0.25) is 14.1 Å². The molecule has 0 aliphatic heterocycles. The van der Waals surface area contributed by atoms with E-state index in [0.29, 0.717) is 12.2 Å². The van der Waals surface area contributed by atoms with Crippen LogP contribution in [-0.4, -0.2) is 32.1 Å². The summed E-state index contributed by atoms with van der Waals surface area (Å²) in [4.78, 5) is 16.0. The van der Waals surface area contributed by atoms with Crippen LogP contribution in [0.15, 0.2) is 42.7 Å². The van der Waals surface area contributed by atoms with Gasteiger partial charge in [0.15, 0.2) is 0 Å². The highest BCUT2D eigenvalue weighted by molar-refractivity contribution is 7.92. The number of benzene rings is 1. The Bertz CT molecular complexity index is 836. The molecule has 0 radical (unpaired) electrons. The van der Waals surface area contributed by atoms with E-state index in [1.54, 1.807) is 24.5 Å². The Balaban J connectivity index is 2.00. The van der Waals surface area contributed by atoms with E-state index in [0.717, 1.165) is 22.9 Å². The van der Waals surface area contributed by atoms with Gasteiger partial charge in [0.25, 0.3) is 0 Å². The predicted octanol–water partition coefficient (Wildman–Crippen LogP) is 2.17. The van der Waals surface area contributed by atoms with E-state index in [2.05, 4.69) is 10.3 Å². The van der Waals surface area contributed by atoms with Crippen LogP contribution < -0.4 is 9.62 Å². The van der Waals surface area contributed by atoms with Crippen molar-refractivity contribution in [3.05, 3.63) is 59.4 Å². The van der Waals surface area contributed by atoms with Crippen LogP contribution in [0.2, 0.25) is 0 Å². The first-order valence-corrected chi connectivity index (χ1v) is 9.83. The van der Waals surface area contributed by atoms with Crippen molar-refractivity contribution in [1.29, 1.82) is 0 Å². The van der Waals surface area contributed by atoms with Crippen LogP contribution in [0.5, 0.6) is 0 Å². The lowest BCUT2D eigenvalue weighted by molar-refractivity contribution is -0.121. The zero-order chi connectivity index (χ0) is 18.4. The summed E-state index contributed by atoms with van der Waals surface area (Å²) in [6.45, 7) is 4.37. The fraction of sp³-hybridized carbons (Fsp3) is 0.333. The minimum atomic E-state index is -3.47. The standard InChI is InChI=1S/C18H23N3O3S/c1-14-6-7-17(11-15(14)2)21(25(3,23)24)10-8-18(22)20-13-16-5-4-9-19-12-16/h4-7,9,11-12H,8,10,13H2,1-3H3,(H,20,22). The third-order valence-electron chi connectivity index (χ3n) is 3.93. The summed E-state index contributed by atoms with van der Waals surface area (Å²) in [5.41, 5.74) is 3.56. The molecule has 2 aromatic rings. The molecule has 1 N–H and O–H groups in total. The Kier molecular flexibility index (Phi) is 6.14. The number of rotatable bonds is 7. The van der Waals surface area contributed by atoms with Gasteiger partial charge in [-0.15, -0.1) is 0 Å². The van der Waals surface area contributed by atoms with E-state index < -0.39 is 10.0 Å². The lowest BCUT2D eigenvalue weighted by atomic mass is 10.1. The Morgan fingerprint density at radius 3 is 2.56 bits per heavy atom. The Hall–Kier alpha value is -2.41. The molecule has 0 aliphatic carbocycles. The molecule has 0 unspecified atom stereocenters. The first kappa shape index (κ1) is 18.9. The number of hydrogen-bond acceptors (Lipinski definition) is 4. The number of anilines is 1. The van der Waals surface area contributed by atoms with Gasteiger partial charge < -0.3 is 5.32 Å². The summed E-state index contributed by atoms with van der Waals surface area (Å²) >= 11 is 0. The summed E-state index contributed by atoms with van der Waals surface area (Å²) in [6.07, 6.45) is 4.58. The molecule has 7 heteroatoms. The van der Waals surface area contributed by atoms with Gasteiger partial charge in [0.2, 0.25) is 15.9 Å². The number of pyridine rings is 1. The highest BCUT2D eigenvalue weighted by Crippen LogP contribution is 2.21. The van der Waals surface area contributed by atoms with Gasteiger partial charge in [-0.1, -0.05) is 12.1 Å². The van der Waals surface area contributed by atoms with Crippen molar-refractivity contribution < 1.29 is 13.2 Å². The summed E-state index contributed by atoms with van der Waals surface area (Å²) < 4.78 is 25.5. The van der Waals surface area contributed by atoms with Crippen LogP contribution in [0.25, 0.3) is 0 Å². The molecule has 1 aromatic carbocycles. The van der Waals surface area contributed by atoms with E-state index >= 15 is 0 Å². The zero-order valence-corrected chi connectivity index (χ0v) is 15.5. The fourth-order valence-electron chi connectivity index (χ4n) is 2.36. The number of nitrogens with zero attached hydrogens (tertiary/aromatic N) is 2. The van der Waals surface area contributed by atoms with Crippen molar-refractivity contribution in [2.45, 2.75) is 26.8 Å². The normalized spacial score (nSPS) is 11.2. The molecule has 25 heavy (non-hydrogen) atoms. The molecule has 1 heterocycles. The maximum Gasteiger partial charge on any atom is 0.232 e. The Labute approximate surface area is 148 Å². The van der Waals surface area contributed by atoms with Gasteiger partial charge in [-0.25, -0.2) is 8.42 Å². The highest BCUT2D eigenvalue weighted by Gasteiger charge is 2.19. The molecule has 0 aliphatic rings. The Morgan fingerprint density at radius 1 is 1.20 bits per heavy atom. The molecule has 0 saturated carbocycles. The second kappa shape index (κ2) is 8.11. The van der Waals surface area contributed by atoms with Gasteiger partial charge in [0, 0.05) is 31.9 Å². The van der Waals surface area contributed by atoms with Gasteiger partial charge in [0.1, 0.15) is 0 Å². The Morgan fingerprint density at radius 2 is 1.96 bits per heavy atom. The van der Waals surface area contributed by atoms with E-state index in [1.807, 2.05) is 32.0 Å². The number of hydrogen-bond donors (Lipinski definition) is 1. The average Bonchev–Trinajstić information content (AvgIpc) is 2.56. The molecule has 2 rings (SSSR count). The summed E-state index contributed by atoms with van der Waals surface area (Å²) in [5.74, 6) is -0.207. The molecule has 1 aromatic heterocycles. The number of nitrogens with one attached hydrogen (secondary N) is 1. The van der Waals surface area contributed by atoms with Crippen LogP contribution in [0, 0.1) is 13.8 Å². The van der Waals surface area contributed by atoms with Crippen LogP contribution >= 0.6 is 0 Å². The van der Waals surface area contributed by atoms with Crippen molar-refractivity contribution in [1.82, 2.24) is 10.3 Å². The van der Waals surface area contributed by atoms with E-state index in [4.69, 9.17) is 0 Å². The molecule has 0 fully saturated rings. The van der Waals surface area contributed by atoms with Crippen LogP contribution in [0.4, 0.5) is 5.69 Å². The average molecular weight is 361 g/mol. The van der Waals surface area contributed by atoms with Crippen molar-refractivity contribution >= 4 is 21.6 Å². The second-order valence-electron chi connectivity index (χ2n) is 5.99. The van der Waals surface area contributed by atoms with Crippen molar-refractivity contribution in [3.63, 3.8) is 0 Å². The molecule has 6 nitrogen and oxygen atoms in total. The lowest BCUT2D eigenvalue weighted by Gasteiger charge is -2.23. The smallest absolute Gasteiger partial charge is 0.232 e. The summed E-state index contributed by atoms with van der Waals surface area (Å²) in [5, 5.41) is 2.78. The van der Waals surface area contributed by atoms with Crippen molar-refractivity contribution in [2.24, 2.45) is 0 Å². The van der Waals surface area contributed by atoms with Gasteiger partial charge >= 0.3 is 0 Å². The fourth-order valence-corrected chi connectivity index (χ4v) is 3.28. The van der Waals surface area contributed by atoms with Gasteiger partial charge in [0.05, 0.1) is 11.9 Å². The van der Waals surface area contributed by atoms with E-state index in [1.165, 1.54) is 4.31 Å². The second-order valence-corrected chi connectivity index (χ2v) is 7.90. The quantitative estimate of drug-likeness (QED) is 0.820. The van der Waals surface area contributed by atoms with Crippen molar-refractivity contribution in [2.75, 3.05) is 17.1 Å². The van der Waals surface area contributed by atoms with Gasteiger partial charge in [-0.2, -0.15) is 0 Å². The summed E-state index contributed by atoms with van der Waals surface area (Å²) in [7, 11) is -3.47. The van der Waals surface area contributed by atoms with E-state index in [-0.39, 0.29) is 18.9 Å². The molecular weight excluding hydrogens is 338 g/mol. The first-order valence-electron chi connectivity index (χ1n) is 7.98. The minimum absolute atomic E-state index is 0.0836. The molecule has 0 saturated heterocycles. The largest absolute Gasteiger partial charge is 0.352 e. The minimum Gasteiger partial charge on any atom is -0.352 e. The van der Waals surface area contributed by atoms with Crippen molar-refractivity contribution in [3.8, 4) is 0 Å². The third-order valence-corrected chi connectivity index (χ3v) is 5.13. The zero-order valence-electron chi connectivity index (χ0n) is 14.7. The molecule has 134 valence electrons. The lowest BCUT2D eigenvalue weighted by Crippen LogP contribution is -2.34. The van der Waals surface area contributed by atoms with E-state index in [9.17, 15) is 13.2 Å². The number of carbonyl (C=O) groups excluding carboxylic acids is 1. The molecule has 1 amide bonds. The predicted molar refractivity (Wildman–Crippen MR) is 98.8 cm³/mol. The number of carbonyl (C=O) groups is 1. The number of aryl methyl sites for hydroxylation is 2. The molecule has 0 bridgehead atoms. The number of sulfonamides is 1. The SMILES string of the molecule is Cc1ccc(N(CCC(=O)NCc2cccnc2)S(C)(=O)=O)cc1C. The maximum atomic E-state index is 12.1. The highest BCUT2D eigenvalue weighted by atomic mass is 32.2. The molecule has 0 atom stereocenters. The molecule has 0 spiro atoms. The topological polar surface area (TPSA) is 79.4 Å². The number of amides is 1. The third kappa shape index (κ3) is 5.56. The van der Waals surface area contributed by atoms with Crippen LogP contribution in [0.3, 0.4) is 0 Å². The maximum absolute atomic E-state index is 12.1. The van der Waals surface area contributed by atoms with Crippen LogP contribution in [-0.2, 0) is 21.4 Å². The molecular formula is C18H23N3O3S. The van der Waals surface area contributed by atoms with Crippen LogP contribution in [0.1, 0.15) is 23.1 Å². The first-order chi connectivity index (χ1) is 11.8. The number of aromatic nitrogens is 1. The monoisotopic (exact) mass is 361 g/mol. The van der Waals surface area contributed by atoms with Gasteiger partial charge in [-0.05, 0) is 48.7 Å². The summed E-state index contributed by atoms with van der Waals surface area (Å²) in [6, 6.07) is 9.13.